The Bertz CT molecular complexity index is 1600. The lowest BCUT2D eigenvalue weighted by molar-refractivity contribution is -0.0440. The van der Waals surface area contributed by atoms with Gasteiger partial charge in [0, 0.05) is 36.9 Å². The number of rotatable bonds is 5. The quantitative estimate of drug-likeness (QED) is 0.396. The van der Waals surface area contributed by atoms with Gasteiger partial charge in [0.25, 0.3) is 5.91 Å². The molecule has 2 aliphatic rings. The van der Waals surface area contributed by atoms with Crippen LogP contribution < -0.4 is 14.8 Å². The Balaban J connectivity index is 1.22. The highest BCUT2D eigenvalue weighted by atomic mass is 32.2. The second-order valence-electron chi connectivity index (χ2n) is 9.31. The maximum atomic E-state index is 13.1. The number of fused-ring (bicyclic) bond motifs is 2. The number of benzene rings is 2. The van der Waals surface area contributed by atoms with E-state index in [1.165, 1.54) is 39.9 Å². The van der Waals surface area contributed by atoms with Crippen molar-refractivity contribution in [2.75, 3.05) is 25.2 Å². The first-order chi connectivity index (χ1) is 18.2. The highest BCUT2D eigenvalue weighted by Gasteiger charge is 2.32. The Kier molecular flexibility index (Phi) is 6.10. The number of ether oxygens (including phenoxy) is 3. The SMILES string of the molecule is Cc1cc(NC(=O)c2ccc(S(=O)(=O)N3CC(C)OC(C)C3)cc2)n(-c2nc3cc4c(cc3s2)OCO4)n1. The van der Waals surface area contributed by atoms with Crippen LogP contribution in [0, 0.1) is 6.92 Å². The van der Waals surface area contributed by atoms with Crippen LogP contribution in [0.2, 0.25) is 0 Å². The summed E-state index contributed by atoms with van der Waals surface area (Å²) in [6.07, 6.45) is -0.380. The molecule has 4 aromatic rings. The van der Waals surface area contributed by atoms with Crippen LogP contribution >= 0.6 is 11.3 Å². The molecule has 2 atom stereocenters. The molecule has 0 bridgehead atoms. The summed E-state index contributed by atoms with van der Waals surface area (Å²) in [5.74, 6) is 1.36. The molecule has 0 spiro atoms. The second kappa shape index (κ2) is 9.34. The highest BCUT2D eigenvalue weighted by Crippen LogP contribution is 2.39. The number of nitrogens with one attached hydrogen (secondary N) is 1. The Morgan fingerprint density at radius 3 is 2.45 bits per heavy atom. The van der Waals surface area contributed by atoms with Crippen molar-refractivity contribution in [1.29, 1.82) is 0 Å². The van der Waals surface area contributed by atoms with E-state index in [4.69, 9.17) is 14.2 Å². The van der Waals surface area contributed by atoms with Crippen LogP contribution in [-0.4, -0.2) is 65.5 Å². The predicted molar refractivity (Wildman–Crippen MR) is 141 cm³/mol. The van der Waals surface area contributed by atoms with Crippen LogP contribution in [-0.2, 0) is 14.8 Å². The summed E-state index contributed by atoms with van der Waals surface area (Å²) in [6, 6.07) is 11.4. The first-order valence-electron chi connectivity index (χ1n) is 12.0. The number of aromatic nitrogens is 3. The largest absolute Gasteiger partial charge is 0.454 e. The van der Waals surface area contributed by atoms with E-state index in [1.807, 2.05) is 32.9 Å². The molecule has 13 heteroatoms. The van der Waals surface area contributed by atoms with E-state index in [0.717, 1.165) is 10.2 Å². The molecule has 2 unspecified atom stereocenters. The molecule has 198 valence electrons. The van der Waals surface area contributed by atoms with Gasteiger partial charge >= 0.3 is 0 Å². The molecule has 0 saturated carbocycles. The molecule has 6 rings (SSSR count). The average Bonchev–Trinajstić information content (AvgIpc) is 3.59. The number of hydrogen-bond acceptors (Lipinski definition) is 9. The minimum atomic E-state index is -3.70. The number of thiazole rings is 1. The van der Waals surface area contributed by atoms with Gasteiger partial charge in [-0.1, -0.05) is 11.3 Å². The summed E-state index contributed by atoms with van der Waals surface area (Å²) < 4.78 is 46.7. The molecule has 1 N–H and O–H groups in total. The number of hydrogen-bond donors (Lipinski definition) is 1. The van der Waals surface area contributed by atoms with Crippen molar-refractivity contribution >= 4 is 43.3 Å². The number of carbonyl (C=O) groups excluding carboxylic acids is 1. The number of amides is 1. The zero-order chi connectivity index (χ0) is 26.6. The molecule has 4 heterocycles. The van der Waals surface area contributed by atoms with E-state index >= 15 is 0 Å². The zero-order valence-electron chi connectivity index (χ0n) is 20.9. The third-order valence-corrected chi connectivity index (χ3v) is 9.11. The third-order valence-electron chi connectivity index (χ3n) is 6.27. The average molecular weight is 556 g/mol. The third kappa shape index (κ3) is 4.51. The topological polar surface area (TPSA) is 125 Å². The summed E-state index contributed by atoms with van der Waals surface area (Å²) in [5.41, 5.74) is 1.75. The Labute approximate surface area is 223 Å². The maximum absolute atomic E-state index is 13.1. The fourth-order valence-corrected chi connectivity index (χ4v) is 7.11. The molecular formula is C25H25N5O6S2. The Hall–Kier alpha value is -3.52. The molecule has 2 aromatic carbocycles. The zero-order valence-corrected chi connectivity index (χ0v) is 22.5. The van der Waals surface area contributed by atoms with Crippen LogP contribution in [0.25, 0.3) is 15.3 Å². The molecule has 0 radical (unpaired) electrons. The molecule has 11 nitrogen and oxygen atoms in total. The standard InChI is InChI=1S/C25H25N5O6S2/c1-14-8-23(30(28-14)25-26-19-9-20-21(35-13-34-20)10-22(19)37-25)27-24(31)17-4-6-18(7-5-17)38(32,33)29-11-15(2)36-16(3)12-29/h4-10,15-16H,11-13H2,1-3H3,(H,27,31). The van der Waals surface area contributed by atoms with Crippen molar-refractivity contribution < 1.29 is 27.4 Å². The number of nitrogens with zero attached hydrogens (tertiary/aromatic N) is 4. The molecule has 0 aliphatic carbocycles. The van der Waals surface area contributed by atoms with Gasteiger partial charge in [-0.25, -0.2) is 13.4 Å². The van der Waals surface area contributed by atoms with E-state index in [1.54, 1.807) is 10.7 Å². The van der Waals surface area contributed by atoms with Crippen LogP contribution in [0.1, 0.15) is 29.9 Å². The van der Waals surface area contributed by atoms with E-state index in [9.17, 15) is 13.2 Å². The summed E-state index contributed by atoms with van der Waals surface area (Å²) >= 11 is 1.41. The highest BCUT2D eigenvalue weighted by molar-refractivity contribution is 7.89. The lowest BCUT2D eigenvalue weighted by atomic mass is 10.2. The van der Waals surface area contributed by atoms with Crippen molar-refractivity contribution in [1.82, 2.24) is 19.1 Å². The van der Waals surface area contributed by atoms with E-state index < -0.39 is 15.9 Å². The van der Waals surface area contributed by atoms with Gasteiger partial charge < -0.3 is 19.5 Å². The van der Waals surface area contributed by atoms with Crippen molar-refractivity contribution in [2.24, 2.45) is 0 Å². The smallest absolute Gasteiger partial charge is 0.256 e. The van der Waals surface area contributed by atoms with Gasteiger partial charge in [-0.3, -0.25) is 4.79 Å². The Morgan fingerprint density at radius 1 is 1.05 bits per heavy atom. The predicted octanol–water partition coefficient (Wildman–Crippen LogP) is 3.57. The van der Waals surface area contributed by atoms with Gasteiger partial charge in [-0.2, -0.15) is 14.1 Å². The fraction of sp³-hybridized carbons (Fsp3) is 0.320. The van der Waals surface area contributed by atoms with E-state index in [2.05, 4.69) is 15.4 Å². The van der Waals surface area contributed by atoms with Gasteiger partial charge in [0.15, 0.2) is 11.5 Å². The van der Waals surface area contributed by atoms with Gasteiger partial charge in [0.05, 0.1) is 33.0 Å². The number of morpholine rings is 1. The number of anilines is 1. The summed E-state index contributed by atoms with van der Waals surface area (Å²) in [6.45, 7) is 6.28. The summed E-state index contributed by atoms with van der Waals surface area (Å²) in [5, 5.41) is 7.95. The summed E-state index contributed by atoms with van der Waals surface area (Å²) in [7, 11) is -3.70. The molecule has 1 fully saturated rings. The van der Waals surface area contributed by atoms with Crippen LogP contribution in [0.5, 0.6) is 11.5 Å². The molecular weight excluding hydrogens is 530 g/mol. The molecule has 38 heavy (non-hydrogen) atoms. The normalized spacial score (nSPS) is 19.7. The lowest BCUT2D eigenvalue weighted by Gasteiger charge is -2.34. The lowest BCUT2D eigenvalue weighted by Crippen LogP contribution is -2.48. The van der Waals surface area contributed by atoms with Crippen LogP contribution in [0.3, 0.4) is 0 Å². The second-order valence-corrected chi connectivity index (χ2v) is 12.3. The minimum absolute atomic E-state index is 0.130. The van der Waals surface area contributed by atoms with Crippen molar-refractivity contribution in [3.8, 4) is 16.6 Å². The van der Waals surface area contributed by atoms with Crippen LogP contribution in [0.4, 0.5) is 5.82 Å². The maximum Gasteiger partial charge on any atom is 0.256 e. The van der Waals surface area contributed by atoms with E-state index in [-0.39, 0.29) is 37.0 Å². The van der Waals surface area contributed by atoms with Crippen molar-refractivity contribution in [3.05, 3.63) is 53.7 Å². The van der Waals surface area contributed by atoms with Crippen molar-refractivity contribution in [3.63, 3.8) is 0 Å². The first-order valence-corrected chi connectivity index (χ1v) is 14.3. The monoisotopic (exact) mass is 555 g/mol. The van der Waals surface area contributed by atoms with E-state index in [0.29, 0.717) is 33.7 Å². The van der Waals surface area contributed by atoms with Gasteiger partial charge in [0.1, 0.15) is 5.82 Å². The van der Waals surface area contributed by atoms with Crippen LogP contribution in [0.15, 0.2) is 47.4 Å². The summed E-state index contributed by atoms with van der Waals surface area (Å²) in [4.78, 5) is 17.9. The fourth-order valence-electron chi connectivity index (χ4n) is 4.57. The molecule has 1 saturated heterocycles. The minimum Gasteiger partial charge on any atom is -0.454 e. The molecule has 2 aliphatic heterocycles. The van der Waals surface area contributed by atoms with Gasteiger partial charge in [0.2, 0.25) is 21.9 Å². The van der Waals surface area contributed by atoms with Gasteiger partial charge in [-0.15, -0.1) is 0 Å². The molecule has 2 aromatic heterocycles. The Morgan fingerprint density at radius 2 is 1.74 bits per heavy atom. The number of carbonyl (C=O) groups is 1. The van der Waals surface area contributed by atoms with Gasteiger partial charge in [-0.05, 0) is 45.0 Å². The number of sulfonamides is 1. The number of aryl methyl sites for hydroxylation is 1. The first kappa shape index (κ1) is 24.8. The molecule has 1 amide bonds. The van der Waals surface area contributed by atoms with Crippen molar-refractivity contribution in [2.45, 2.75) is 37.9 Å².